The number of aliphatic imine (C=N–C) groups is 1. The zero-order valence-electron chi connectivity index (χ0n) is 18.8. The highest BCUT2D eigenvalue weighted by atomic mass is 127. The quantitative estimate of drug-likeness (QED) is 0.202. The molecule has 1 fully saturated rings. The number of methoxy groups -OCH3 is 2. The summed E-state index contributed by atoms with van der Waals surface area (Å²) in [6.07, 6.45) is 3.30. The predicted octanol–water partition coefficient (Wildman–Crippen LogP) is 3.56. The van der Waals surface area contributed by atoms with Crippen molar-refractivity contribution < 1.29 is 18.9 Å². The Balaban J connectivity index is 0.00000450. The van der Waals surface area contributed by atoms with E-state index < -0.39 is 0 Å². The number of piperidine rings is 1. The van der Waals surface area contributed by atoms with E-state index in [9.17, 15) is 0 Å². The molecule has 2 rings (SSSR count). The fraction of sp³-hybridized carbons (Fsp3) is 0.682. The van der Waals surface area contributed by atoms with E-state index in [1.807, 2.05) is 31.2 Å². The van der Waals surface area contributed by atoms with E-state index in [2.05, 4.69) is 17.1 Å². The number of guanidine groups is 1. The Labute approximate surface area is 198 Å². The summed E-state index contributed by atoms with van der Waals surface area (Å²) in [7, 11) is 3.38. The average molecular weight is 535 g/mol. The van der Waals surface area contributed by atoms with Crippen molar-refractivity contribution in [2.24, 2.45) is 4.99 Å². The standard InChI is InChI=1S/C22H37N3O4.HI/c1-5-23-22(25-12-10-19(11-13-25)28-15-7-14-26-3)24-17-18(2)29-21-9-6-8-20(16-21)27-4;/h6,8-9,16,18-19H,5,7,10-15,17H2,1-4H3,(H,23,24);1H. The molecule has 1 aromatic rings. The molecule has 0 radical (unpaired) electrons. The third kappa shape index (κ3) is 9.70. The lowest BCUT2D eigenvalue weighted by Gasteiger charge is -2.34. The van der Waals surface area contributed by atoms with Gasteiger partial charge in [-0.05, 0) is 45.2 Å². The Hall–Kier alpha value is -1.26. The van der Waals surface area contributed by atoms with Crippen molar-refractivity contribution in [2.45, 2.75) is 45.3 Å². The van der Waals surface area contributed by atoms with Gasteiger partial charge in [-0.1, -0.05) is 6.07 Å². The first-order valence-corrected chi connectivity index (χ1v) is 10.6. The van der Waals surface area contributed by atoms with E-state index >= 15 is 0 Å². The second-order valence-corrected chi connectivity index (χ2v) is 7.21. The summed E-state index contributed by atoms with van der Waals surface area (Å²) in [5, 5.41) is 3.41. The maximum atomic E-state index is 5.99. The number of hydrogen-bond acceptors (Lipinski definition) is 5. The van der Waals surface area contributed by atoms with Crippen molar-refractivity contribution in [3.63, 3.8) is 0 Å². The molecule has 1 aliphatic heterocycles. The molecule has 1 N–H and O–H groups in total. The first-order valence-electron chi connectivity index (χ1n) is 10.6. The van der Waals surface area contributed by atoms with Gasteiger partial charge in [0.05, 0.1) is 19.8 Å². The Bertz CT molecular complexity index is 610. The molecule has 1 aromatic carbocycles. The molecule has 0 amide bonds. The van der Waals surface area contributed by atoms with Crippen molar-refractivity contribution in [3.8, 4) is 11.5 Å². The van der Waals surface area contributed by atoms with Gasteiger partial charge in [-0.25, -0.2) is 4.99 Å². The van der Waals surface area contributed by atoms with E-state index in [-0.39, 0.29) is 30.1 Å². The summed E-state index contributed by atoms with van der Waals surface area (Å²) in [6.45, 7) is 8.99. The van der Waals surface area contributed by atoms with E-state index in [1.165, 1.54) is 0 Å². The van der Waals surface area contributed by atoms with Gasteiger partial charge in [0.25, 0.3) is 0 Å². The third-order valence-corrected chi connectivity index (χ3v) is 4.80. The lowest BCUT2D eigenvalue weighted by atomic mass is 10.1. The van der Waals surface area contributed by atoms with Crippen molar-refractivity contribution in [1.82, 2.24) is 10.2 Å². The molecular weight excluding hydrogens is 497 g/mol. The van der Waals surface area contributed by atoms with Crippen molar-refractivity contribution >= 4 is 29.9 Å². The summed E-state index contributed by atoms with van der Waals surface area (Å²) in [6, 6.07) is 7.66. The van der Waals surface area contributed by atoms with Gasteiger partial charge in [0.1, 0.15) is 17.6 Å². The molecule has 0 spiro atoms. The van der Waals surface area contributed by atoms with Gasteiger partial charge in [0.15, 0.2) is 5.96 Å². The third-order valence-electron chi connectivity index (χ3n) is 4.80. The molecule has 8 heteroatoms. The lowest BCUT2D eigenvalue weighted by molar-refractivity contribution is 0.00988. The molecule has 1 heterocycles. The summed E-state index contributed by atoms with van der Waals surface area (Å²) in [5.74, 6) is 2.54. The van der Waals surface area contributed by atoms with Gasteiger partial charge >= 0.3 is 0 Å². The molecule has 30 heavy (non-hydrogen) atoms. The first-order chi connectivity index (χ1) is 14.2. The number of halogens is 1. The molecule has 0 aliphatic carbocycles. The summed E-state index contributed by atoms with van der Waals surface area (Å²) >= 11 is 0. The van der Waals surface area contributed by atoms with Crippen LogP contribution in [0.25, 0.3) is 0 Å². The van der Waals surface area contributed by atoms with Crippen molar-refractivity contribution in [1.29, 1.82) is 0 Å². The highest BCUT2D eigenvalue weighted by Gasteiger charge is 2.22. The Morgan fingerprint density at radius 2 is 1.93 bits per heavy atom. The molecular formula is C22H38IN3O4. The Morgan fingerprint density at radius 1 is 1.20 bits per heavy atom. The van der Waals surface area contributed by atoms with Gasteiger partial charge in [-0.15, -0.1) is 24.0 Å². The van der Waals surface area contributed by atoms with E-state index in [1.54, 1.807) is 14.2 Å². The fourth-order valence-corrected chi connectivity index (χ4v) is 3.27. The number of rotatable bonds is 11. The van der Waals surface area contributed by atoms with Crippen molar-refractivity contribution in [3.05, 3.63) is 24.3 Å². The van der Waals surface area contributed by atoms with Gasteiger partial charge in [0.2, 0.25) is 0 Å². The maximum Gasteiger partial charge on any atom is 0.194 e. The second-order valence-electron chi connectivity index (χ2n) is 7.21. The topological polar surface area (TPSA) is 64.6 Å². The number of likely N-dealkylation sites (tertiary alicyclic amines) is 1. The van der Waals surface area contributed by atoms with Crippen LogP contribution in [0.1, 0.15) is 33.1 Å². The van der Waals surface area contributed by atoms with Gasteiger partial charge in [-0.2, -0.15) is 0 Å². The van der Waals surface area contributed by atoms with Crippen LogP contribution in [0.5, 0.6) is 11.5 Å². The molecule has 0 bridgehead atoms. The summed E-state index contributed by atoms with van der Waals surface area (Å²) in [5.41, 5.74) is 0. The monoisotopic (exact) mass is 535 g/mol. The molecule has 1 atom stereocenters. The molecule has 0 saturated carbocycles. The van der Waals surface area contributed by atoms with Crippen LogP contribution in [-0.2, 0) is 9.47 Å². The highest BCUT2D eigenvalue weighted by Crippen LogP contribution is 2.20. The molecule has 1 unspecified atom stereocenters. The number of ether oxygens (including phenoxy) is 4. The minimum absolute atomic E-state index is 0. The highest BCUT2D eigenvalue weighted by molar-refractivity contribution is 14.0. The van der Waals surface area contributed by atoms with Crippen LogP contribution in [-0.4, -0.2) is 76.7 Å². The Kier molecular flexibility index (Phi) is 13.9. The molecule has 172 valence electrons. The van der Waals surface area contributed by atoms with Crippen molar-refractivity contribution in [2.75, 3.05) is 53.6 Å². The SMILES string of the molecule is CCNC(=NCC(C)Oc1cccc(OC)c1)N1CCC(OCCCOC)CC1.I. The average Bonchev–Trinajstić information content (AvgIpc) is 2.75. The summed E-state index contributed by atoms with van der Waals surface area (Å²) < 4.78 is 22.3. The van der Waals surface area contributed by atoms with Crippen LogP contribution < -0.4 is 14.8 Å². The molecule has 7 nitrogen and oxygen atoms in total. The van der Waals surface area contributed by atoms with Gasteiger partial charge in [-0.3, -0.25) is 0 Å². The van der Waals surface area contributed by atoms with Gasteiger partial charge in [0, 0.05) is 46.0 Å². The first kappa shape index (κ1) is 26.8. The number of benzene rings is 1. The molecule has 1 saturated heterocycles. The zero-order valence-corrected chi connectivity index (χ0v) is 21.1. The lowest BCUT2D eigenvalue weighted by Crippen LogP contribution is -2.47. The van der Waals surface area contributed by atoms with Crippen LogP contribution in [0.15, 0.2) is 29.3 Å². The predicted molar refractivity (Wildman–Crippen MR) is 132 cm³/mol. The molecule has 1 aliphatic rings. The van der Waals surface area contributed by atoms with Crippen LogP contribution in [0.2, 0.25) is 0 Å². The summed E-state index contributed by atoms with van der Waals surface area (Å²) in [4.78, 5) is 7.12. The van der Waals surface area contributed by atoms with E-state index in [0.29, 0.717) is 12.6 Å². The van der Waals surface area contributed by atoms with Crippen LogP contribution in [0, 0.1) is 0 Å². The number of hydrogen-bond donors (Lipinski definition) is 1. The van der Waals surface area contributed by atoms with Crippen LogP contribution >= 0.6 is 24.0 Å². The minimum atomic E-state index is -0.0302. The smallest absolute Gasteiger partial charge is 0.194 e. The van der Waals surface area contributed by atoms with E-state index in [4.69, 9.17) is 23.9 Å². The minimum Gasteiger partial charge on any atom is -0.497 e. The number of nitrogens with zero attached hydrogens (tertiary/aromatic N) is 2. The fourth-order valence-electron chi connectivity index (χ4n) is 3.27. The van der Waals surface area contributed by atoms with E-state index in [0.717, 1.165) is 69.6 Å². The second kappa shape index (κ2) is 15.5. The van der Waals surface area contributed by atoms with Crippen LogP contribution in [0.3, 0.4) is 0 Å². The largest absolute Gasteiger partial charge is 0.497 e. The maximum absolute atomic E-state index is 5.99. The zero-order chi connectivity index (χ0) is 20.9. The van der Waals surface area contributed by atoms with Crippen LogP contribution in [0.4, 0.5) is 0 Å². The van der Waals surface area contributed by atoms with Gasteiger partial charge < -0.3 is 29.2 Å². The number of nitrogens with one attached hydrogen (secondary N) is 1. The Morgan fingerprint density at radius 3 is 2.60 bits per heavy atom. The molecule has 0 aromatic heterocycles. The normalized spacial score (nSPS) is 16.0.